The van der Waals surface area contributed by atoms with Gasteiger partial charge in [-0.25, -0.2) is 0 Å². The molecule has 0 aliphatic heterocycles. The van der Waals surface area contributed by atoms with Crippen molar-refractivity contribution in [3.63, 3.8) is 0 Å². The van der Waals surface area contributed by atoms with Crippen LogP contribution in [0, 0.1) is 11.8 Å². The van der Waals surface area contributed by atoms with Crippen molar-refractivity contribution in [3.05, 3.63) is 12.3 Å². The highest BCUT2D eigenvalue weighted by Gasteiger charge is 2.20. The van der Waals surface area contributed by atoms with E-state index in [0.717, 1.165) is 11.8 Å². The van der Waals surface area contributed by atoms with Crippen molar-refractivity contribution in [2.75, 3.05) is 0 Å². The van der Waals surface area contributed by atoms with Gasteiger partial charge in [0, 0.05) is 9.52 Å². The van der Waals surface area contributed by atoms with Gasteiger partial charge in [-0.3, -0.25) is 0 Å². The summed E-state index contributed by atoms with van der Waals surface area (Å²) in [5.74, 6) is 2.07. The summed E-state index contributed by atoms with van der Waals surface area (Å²) in [5.41, 5.74) is 2.19. The first-order valence-corrected chi connectivity index (χ1v) is 6.77. The molecular weight excluding hydrogens is 148 g/mol. The molecule has 0 aromatic rings. The van der Waals surface area contributed by atoms with Gasteiger partial charge in [0.15, 0.2) is 0 Å². The highest BCUT2D eigenvalue weighted by atomic mass is 28.2. The Balaban J connectivity index is 2.16. The lowest BCUT2D eigenvalue weighted by Gasteiger charge is -2.17. The van der Waals surface area contributed by atoms with E-state index < -0.39 is 0 Å². The molecule has 0 N–H and O–H groups in total. The molecule has 0 radical (unpaired) electrons. The van der Waals surface area contributed by atoms with Crippen LogP contribution in [-0.2, 0) is 0 Å². The maximum absolute atomic E-state index is 3.82. The van der Waals surface area contributed by atoms with E-state index in [1.54, 1.807) is 0 Å². The molecule has 11 heavy (non-hydrogen) atoms. The second kappa shape index (κ2) is 4.76. The fraction of sp³-hybridized carbons (Fsp3) is 0.800. The molecule has 1 fully saturated rings. The Kier molecular flexibility index (Phi) is 3.91. The lowest BCUT2D eigenvalue weighted by Crippen LogP contribution is -2.08. The van der Waals surface area contributed by atoms with Crippen LogP contribution in [-0.4, -0.2) is 9.52 Å². The van der Waals surface area contributed by atoms with Crippen molar-refractivity contribution in [3.8, 4) is 0 Å². The monoisotopic (exact) mass is 168 g/mol. The predicted octanol–water partition coefficient (Wildman–Crippen LogP) is 2.54. The summed E-state index contributed by atoms with van der Waals surface area (Å²) in [6.07, 6.45) is 5.99. The standard InChI is InChI=1S/C10H20Si/c1-3-11-8-9(2)10-6-4-5-7-10/h3,9-10H,1,4-8,11H2,2H3. The predicted molar refractivity (Wildman–Crippen MR) is 54.7 cm³/mol. The third kappa shape index (κ3) is 2.82. The highest BCUT2D eigenvalue weighted by Crippen LogP contribution is 2.32. The highest BCUT2D eigenvalue weighted by molar-refractivity contribution is 6.41. The number of hydrogen-bond acceptors (Lipinski definition) is 0. The minimum absolute atomic E-state index is 0.104. The first-order chi connectivity index (χ1) is 5.34. The van der Waals surface area contributed by atoms with Crippen LogP contribution in [0.4, 0.5) is 0 Å². The molecule has 64 valence electrons. The SMILES string of the molecule is C=C[SiH2]CC(C)C1CCCC1. The molecular formula is C10H20Si. The lowest BCUT2D eigenvalue weighted by molar-refractivity contribution is 0.396. The molecule has 0 bridgehead atoms. The summed E-state index contributed by atoms with van der Waals surface area (Å²) in [7, 11) is 0.104. The molecule has 1 saturated carbocycles. The quantitative estimate of drug-likeness (QED) is 0.566. The zero-order valence-electron chi connectivity index (χ0n) is 7.68. The summed E-state index contributed by atoms with van der Waals surface area (Å²) < 4.78 is 0. The molecule has 0 saturated heterocycles. The summed E-state index contributed by atoms with van der Waals surface area (Å²) in [6.45, 7) is 6.26. The Hall–Kier alpha value is -0.0431. The summed E-state index contributed by atoms with van der Waals surface area (Å²) >= 11 is 0. The lowest BCUT2D eigenvalue weighted by atomic mass is 9.94. The maximum Gasteiger partial charge on any atom is 0.0449 e. The van der Waals surface area contributed by atoms with Crippen molar-refractivity contribution in [1.29, 1.82) is 0 Å². The molecule has 1 unspecified atom stereocenters. The minimum atomic E-state index is 0.104. The molecule has 0 heterocycles. The molecule has 0 spiro atoms. The smallest absolute Gasteiger partial charge is 0.0449 e. The first-order valence-electron chi connectivity index (χ1n) is 4.95. The van der Waals surface area contributed by atoms with Gasteiger partial charge in [0.05, 0.1) is 0 Å². The molecule has 0 aromatic heterocycles. The summed E-state index contributed by atoms with van der Waals surface area (Å²) in [6, 6.07) is 1.49. The largest absolute Gasteiger partial charge is 0.109 e. The zero-order chi connectivity index (χ0) is 8.10. The Morgan fingerprint density at radius 3 is 2.73 bits per heavy atom. The Labute approximate surface area is 72.9 Å². The van der Waals surface area contributed by atoms with E-state index in [-0.39, 0.29) is 9.52 Å². The van der Waals surface area contributed by atoms with Crippen molar-refractivity contribution in [2.45, 2.75) is 38.7 Å². The van der Waals surface area contributed by atoms with Crippen LogP contribution in [0.5, 0.6) is 0 Å². The van der Waals surface area contributed by atoms with E-state index in [1.807, 2.05) is 0 Å². The third-order valence-electron chi connectivity index (χ3n) is 3.03. The molecule has 0 nitrogen and oxygen atoms in total. The van der Waals surface area contributed by atoms with Crippen LogP contribution in [0.15, 0.2) is 12.3 Å². The van der Waals surface area contributed by atoms with Crippen molar-refractivity contribution in [1.82, 2.24) is 0 Å². The fourth-order valence-corrected chi connectivity index (χ4v) is 3.38. The molecule has 1 heteroatoms. The van der Waals surface area contributed by atoms with Gasteiger partial charge < -0.3 is 0 Å². The Bertz CT molecular complexity index is 114. The van der Waals surface area contributed by atoms with Gasteiger partial charge in [0.2, 0.25) is 0 Å². The van der Waals surface area contributed by atoms with Crippen molar-refractivity contribution in [2.24, 2.45) is 11.8 Å². The van der Waals surface area contributed by atoms with Crippen LogP contribution in [0.25, 0.3) is 0 Å². The van der Waals surface area contributed by atoms with Gasteiger partial charge in [0.25, 0.3) is 0 Å². The van der Waals surface area contributed by atoms with E-state index in [9.17, 15) is 0 Å². The summed E-state index contributed by atoms with van der Waals surface area (Å²) in [4.78, 5) is 0. The van der Waals surface area contributed by atoms with Gasteiger partial charge in [-0.1, -0.05) is 38.7 Å². The second-order valence-electron chi connectivity index (χ2n) is 3.89. The maximum atomic E-state index is 3.82. The Morgan fingerprint density at radius 2 is 2.18 bits per heavy atom. The van der Waals surface area contributed by atoms with E-state index in [4.69, 9.17) is 0 Å². The molecule has 1 rings (SSSR count). The number of hydrogen-bond donors (Lipinski definition) is 0. The fourth-order valence-electron chi connectivity index (χ4n) is 2.14. The second-order valence-corrected chi connectivity index (χ2v) is 5.62. The van der Waals surface area contributed by atoms with Crippen LogP contribution in [0.1, 0.15) is 32.6 Å². The van der Waals surface area contributed by atoms with Crippen LogP contribution in [0.2, 0.25) is 6.04 Å². The van der Waals surface area contributed by atoms with E-state index >= 15 is 0 Å². The van der Waals surface area contributed by atoms with E-state index in [2.05, 4.69) is 19.2 Å². The number of rotatable bonds is 4. The average molecular weight is 168 g/mol. The molecule has 1 aliphatic rings. The molecule has 1 aliphatic carbocycles. The van der Waals surface area contributed by atoms with Crippen LogP contribution < -0.4 is 0 Å². The van der Waals surface area contributed by atoms with Gasteiger partial charge in [-0.05, 0) is 11.8 Å². The van der Waals surface area contributed by atoms with Crippen molar-refractivity contribution >= 4 is 9.52 Å². The third-order valence-corrected chi connectivity index (χ3v) is 4.68. The van der Waals surface area contributed by atoms with Gasteiger partial charge in [-0.15, -0.1) is 12.3 Å². The Morgan fingerprint density at radius 1 is 1.55 bits per heavy atom. The van der Waals surface area contributed by atoms with E-state index in [0.29, 0.717) is 0 Å². The first kappa shape index (κ1) is 9.05. The van der Waals surface area contributed by atoms with Crippen molar-refractivity contribution < 1.29 is 0 Å². The van der Waals surface area contributed by atoms with Gasteiger partial charge in [0.1, 0.15) is 0 Å². The topological polar surface area (TPSA) is 0 Å². The average Bonchev–Trinajstić information content (AvgIpc) is 2.52. The summed E-state index contributed by atoms with van der Waals surface area (Å²) in [5, 5.41) is 0. The van der Waals surface area contributed by atoms with Crippen LogP contribution >= 0.6 is 0 Å². The molecule has 0 aromatic carbocycles. The van der Waals surface area contributed by atoms with Crippen LogP contribution in [0.3, 0.4) is 0 Å². The van der Waals surface area contributed by atoms with E-state index in [1.165, 1.54) is 31.7 Å². The van der Waals surface area contributed by atoms with Gasteiger partial charge >= 0.3 is 0 Å². The molecule has 0 amide bonds. The van der Waals surface area contributed by atoms with Gasteiger partial charge in [-0.2, -0.15) is 0 Å². The minimum Gasteiger partial charge on any atom is -0.109 e. The molecule has 1 atom stereocenters. The normalized spacial score (nSPS) is 23.0. The zero-order valence-corrected chi connectivity index (χ0v) is 9.10.